The largest absolute Gasteiger partial charge is 0.464 e. The van der Waals surface area contributed by atoms with E-state index in [9.17, 15) is 9.59 Å². The van der Waals surface area contributed by atoms with Gasteiger partial charge in [0.1, 0.15) is 36.0 Å². The second-order valence-corrected chi connectivity index (χ2v) is 7.42. The molecule has 8 nitrogen and oxygen atoms in total. The van der Waals surface area contributed by atoms with Crippen molar-refractivity contribution in [3.8, 4) is 0 Å². The van der Waals surface area contributed by atoms with E-state index in [-0.39, 0.29) is 60.8 Å². The maximum absolute atomic E-state index is 11.5. The van der Waals surface area contributed by atoms with Crippen molar-refractivity contribution >= 4 is 102 Å². The highest BCUT2D eigenvalue weighted by Gasteiger charge is 2.35. The van der Waals surface area contributed by atoms with Crippen LogP contribution >= 0.6 is 90.4 Å². The molecule has 0 aromatic rings. The molecule has 0 N–H and O–H groups in total. The summed E-state index contributed by atoms with van der Waals surface area (Å²) in [4.78, 5) is 23.1. The molecule has 0 aromatic carbocycles. The number of alkyl halides is 4. The molecule has 148 valence electrons. The van der Waals surface area contributed by atoms with Crippen molar-refractivity contribution in [3.05, 3.63) is 0 Å². The summed E-state index contributed by atoms with van der Waals surface area (Å²) in [6.45, 7) is 0.425. The summed E-state index contributed by atoms with van der Waals surface area (Å²) in [5.74, 6) is -0.727. The molecule has 0 rings (SSSR count). The molecule has 0 aliphatic rings. The minimum Gasteiger partial charge on any atom is -0.464 e. The van der Waals surface area contributed by atoms with Gasteiger partial charge < -0.3 is 28.4 Å². The molecule has 0 saturated heterocycles. The maximum atomic E-state index is 11.5. The first-order valence-electron chi connectivity index (χ1n) is 6.89. The van der Waals surface area contributed by atoms with Gasteiger partial charge in [-0.25, -0.2) is 0 Å². The van der Waals surface area contributed by atoms with Crippen molar-refractivity contribution in [2.45, 2.75) is 0 Å². The molecule has 0 aliphatic heterocycles. The number of hydrogen-bond donors (Lipinski definition) is 0. The molecular formula is C13H20I4O8. The third-order valence-corrected chi connectivity index (χ3v) is 4.73. The van der Waals surface area contributed by atoms with Gasteiger partial charge in [-0.15, -0.1) is 0 Å². The number of rotatable bonds is 16. The smallest absolute Gasteiger partial charge is 0.315 e. The summed E-state index contributed by atoms with van der Waals surface area (Å²) in [5.41, 5.74) is -0.841. The van der Waals surface area contributed by atoms with Crippen LogP contribution in [0, 0.1) is 5.41 Å². The van der Waals surface area contributed by atoms with Gasteiger partial charge in [0, 0.05) is 0 Å². The molecule has 0 saturated carbocycles. The zero-order valence-corrected chi connectivity index (χ0v) is 22.0. The van der Waals surface area contributed by atoms with Crippen LogP contribution in [0.2, 0.25) is 0 Å². The third-order valence-electron chi connectivity index (χ3n) is 2.60. The average molecular weight is 812 g/mol. The van der Waals surface area contributed by atoms with Crippen LogP contribution in [0.5, 0.6) is 0 Å². The normalized spacial score (nSPS) is 11.4. The molecule has 0 aromatic heterocycles. The van der Waals surface area contributed by atoms with Crippen LogP contribution in [0.3, 0.4) is 0 Å². The predicted molar refractivity (Wildman–Crippen MR) is 124 cm³/mol. The van der Waals surface area contributed by atoms with Gasteiger partial charge in [0.2, 0.25) is 0 Å². The summed E-state index contributed by atoms with van der Waals surface area (Å²) >= 11 is 7.95. The Balaban J connectivity index is 4.91. The van der Waals surface area contributed by atoms with Gasteiger partial charge in [0.15, 0.2) is 0 Å². The molecule has 0 atom stereocenters. The summed E-state index contributed by atoms with van der Waals surface area (Å²) in [6, 6.07) is 0. The van der Waals surface area contributed by atoms with Gasteiger partial charge in [-0.05, 0) is 0 Å². The Morgan fingerprint density at radius 3 is 1.36 bits per heavy atom. The molecule has 12 heteroatoms. The Morgan fingerprint density at radius 2 is 1.04 bits per heavy atom. The van der Waals surface area contributed by atoms with Gasteiger partial charge >= 0.3 is 11.9 Å². The number of hydrogen-bond acceptors (Lipinski definition) is 8. The first-order valence-corrected chi connectivity index (χ1v) is 13.0. The van der Waals surface area contributed by atoms with Crippen LogP contribution in [0.15, 0.2) is 0 Å². The van der Waals surface area contributed by atoms with E-state index >= 15 is 0 Å². The first kappa shape index (κ1) is 26.7. The van der Waals surface area contributed by atoms with Crippen molar-refractivity contribution in [1.82, 2.24) is 0 Å². The third kappa shape index (κ3) is 14.4. The van der Waals surface area contributed by atoms with E-state index < -0.39 is 5.41 Å². The zero-order chi connectivity index (χ0) is 19.0. The molecule has 0 amide bonds. The van der Waals surface area contributed by atoms with E-state index in [0.717, 1.165) is 0 Å². The number of esters is 2. The first-order chi connectivity index (χ1) is 12.0. The second kappa shape index (κ2) is 17.8. The molecule has 0 aliphatic carbocycles. The van der Waals surface area contributed by atoms with Crippen LogP contribution in [-0.4, -0.2) is 70.0 Å². The lowest BCUT2D eigenvalue weighted by Gasteiger charge is -2.32. The number of carbonyl (C=O) groups excluding carboxylic acids is 2. The summed E-state index contributed by atoms with van der Waals surface area (Å²) < 4.78 is 33.2. The molecule has 0 unspecified atom stereocenters. The fourth-order valence-electron chi connectivity index (χ4n) is 1.49. The van der Waals surface area contributed by atoms with Crippen molar-refractivity contribution in [2.24, 2.45) is 5.41 Å². The SMILES string of the molecule is O=C(CI)OCC(COCOCI)(COCOCI)COC(=O)CI. The minimum atomic E-state index is -0.841. The van der Waals surface area contributed by atoms with E-state index in [4.69, 9.17) is 28.4 Å². The molecule has 0 fully saturated rings. The summed E-state index contributed by atoms with van der Waals surface area (Å²) in [5, 5.41) is 0. The van der Waals surface area contributed by atoms with E-state index in [1.54, 1.807) is 0 Å². The predicted octanol–water partition coefficient (Wildman–Crippen LogP) is 2.70. The average Bonchev–Trinajstić information content (AvgIpc) is 2.64. The highest BCUT2D eigenvalue weighted by atomic mass is 127. The van der Waals surface area contributed by atoms with Crippen molar-refractivity contribution in [1.29, 1.82) is 0 Å². The molecule has 0 heterocycles. The fourth-order valence-corrected chi connectivity index (χ4v) is 2.29. The number of ether oxygens (including phenoxy) is 6. The summed E-state index contributed by atoms with van der Waals surface area (Å²) in [6.07, 6.45) is 0. The van der Waals surface area contributed by atoms with Gasteiger partial charge in [-0.3, -0.25) is 9.59 Å². The van der Waals surface area contributed by atoms with Crippen LogP contribution in [0.4, 0.5) is 0 Å². The molecule has 25 heavy (non-hydrogen) atoms. The Labute approximate surface area is 201 Å². The monoisotopic (exact) mass is 812 g/mol. The Bertz CT molecular complexity index is 338. The van der Waals surface area contributed by atoms with Crippen molar-refractivity contribution in [3.63, 3.8) is 0 Å². The fraction of sp³-hybridized carbons (Fsp3) is 0.846. The highest BCUT2D eigenvalue weighted by molar-refractivity contribution is 14.1. The Kier molecular flexibility index (Phi) is 19.0. The van der Waals surface area contributed by atoms with Crippen molar-refractivity contribution < 1.29 is 38.0 Å². The lowest BCUT2D eigenvalue weighted by Crippen LogP contribution is -2.43. The van der Waals surface area contributed by atoms with Crippen molar-refractivity contribution in [2.75, 3.05) is 58.1 Å². The van der Waals surface area contributed by atoms with E-state index in [1.165, 1.54) is 0 Å². The van der Waals surface area contributed by atoms with Gasteiger partial charge in [0.25, 0.3) is 0 Å². The van der Waals surface area contributed by atoms with E-state index in [2.05, 4.69) is 45.2 Å². The van der Waals surface area contributed by atoms with Crippen LogP contribution < -0.4 is 0 Å². The number of halogens is 4. The summed E-state index contributed by atoms with van der Waals surface area (Å²) in [7, 11) is 0. The van der Waals surface area contributed by atoms with Gasteiger partial charge in [-0.2, -0.15) is 0 Å². The highest BCUT2D eigenvalue weighted by Crippen LogP contribution is 2.21. The molecule has 0 radical (unpaired) electrons. The van der Waals surface area contributed by atoms with Crippen LogP contribution in [0.1, 0.15) is 0 Å². The minimum absolute atomic E-state index is 0.00215. The van der Waals surface area contributed by atoms with E-state index in [0.29, 0.717) is 9.23 Å². The standard InChI is InChI=1S/C13H20I4O8/c14-1-11(18)24-5-13(3-20-9-22-7-16,4-21-10-23-8-17)6-25-12(19)2-15/h1-10H2. The maximum Gasteiger partial charge on any atom is 0.315 e. The Morgan fingerprint density at radius 1 is 0.640 bits per heavy atom. The van der Waals surface area contributed by atoms with Crippen LogP contribution in [0.25, 0.3) is 0 Å². The lowest BCUT2D eigenvalue weighted by atomic mass is 9.92. The quantitative estimate of drug-likeness (QED) is 0.0775. The number of carbonyl (C=O) groups is 2. The zero-order valence-electron chi connectivity index (χ0n) is 13.3. The topological polar surface area (TPSA) is 89.5 Å². The van der Waals surface area contributed by atoms with Gasteiger partial charge in [-0.1, -0.05) is 90.4 Å². The lowest BCUT2D eigenvalue weighted by molar-refractivity contribution is -0.170. The molecule has 0 bridgehead atoms. The molecular weight excluding hydrogens is 792 g/mol. The van der Waals surface area contributed by atoms with E-state index in [1.807, 2.05) is 45.2 Å². The Hall–Kier alpha value is 1.70. The van der Waals surface area contributed by atoms with Gasteiger partial charge in [0.05, 0.1) is 27.5 Å². The van der Waals surface area contributed by atoms with Crippen LogP contribution in [-0.2, 0) is 38.0 Å². The second-order valence-electron chi connectivity index (χ2n) is 4.65. The molecule has 0 spiro atoms.